The van der Waals surface area contributed by atoms with E-state index in [2.05, 4.69) is 11.4 Å². The van der Waals surface area contributed by atoms with Gasteiger partial charge in [-0.15, -0.1) is 11.3 Å². The van der Waals surface area contributed by atoms with Gasteiger partial charge in [0.1, 0.15) is 11.1 Å². The highest BCUT2D eigenvalue weighted by atomic mass is 32.1. The first-order valence-electron chi connectivity index (χ1n) is 8.78. The van der Waals surface area contributed by atoms with Crippen molar-refractivity contribution in [2.24, 2.45) is 0 Å². The Balaban J connectivity index is 1.75. The number of carbonyl (C=O) groups is 1. The van der Waals surface area contributed by atoms with E-state index >= 15 is 0 Å². The maximum absolute atomic E-state index is 12.3. The van der Waals surface area contributed by atoms with Gasteiger partial charge in [-0.25, -0.2) is 0 Å². The topological polar surface area (TPSA) is 52.9 Å². The average Bonchev–Trinajstić information content (AvgIpc) is 2.90. The molecule has 1 aliphatic carbocycles. The molecule has 128 valence electrons. The molecule has 1 aromatic carbocycles. The molecule has 1 amide bonds. The van der Waals surface area contributed by atoms with Crippen LogP contribution < -0.4 is 5.32 Å². The standard InChI is InChI=1S/C21H22N2OS/c1-15-8-10-16(11-9-15)12-13-20(24)23-21-18(14-22)17-6-4-2-3-5-7-19(17)25-21/h8-13H,2-7H2,1H3,(H,23,24). The minimum absolute atomic E-state index is 0.189. The van der Waals surface area contributed by atoms with Gasteiger partial charge in [0, 0.05) is 11.0 Å². The van der Waals surface area contributed by atoms with Crippen molar-refractivity contribution in [1.29, 1.82) is 5.26 Å². The van der Waals surface area contributed by atoms with E-state index in [9.17, 15) is 10.1 Å². The van der Waals surface area contributed by atoms with Crippen LogP contribution in [0.3, 0.4) is 0 Å². The Morgan fingerprint density at radius 2 is 1.88 bits per heavy atom. The Morgan fingerprint density at radius 1 is 1.16 bits per heavy atom. The molecule has 0 saturated carbocycles. The summed E-state index contributed by atoms with van der Waals surface area (Å²) in [5.41, 5.74) is 4.00. The summed E-state index contributed by atoms with van der Waals surface area (Å²) in [5, 5.41) is 13.2. The highest BCUT2D eigenvalue weighted by Crippen LogP contribution is 2.36. The predicted octanol–water partition coefficient (Wildman–Crippen LogP) is 5.24. The molecule has 0 radical (unpaired) electrons. The number of thiophene rings is 1. The molecule has 1 aromatic heterocycles. The number of carbonyl (C=O) groups excluding carboxylic acids is 1. The van der Waals surface area contributed by atoms with E-state index in [1.54, 1.807) is 17.4 Å². The molecule has 0 saturated heterocycles. The van der Waals surface area contributed by atoms with Crippen LogP contribution in [-0.2, 0) is 17.6 Å². The van der Waals surface area contributed by atoms with Gasteiger partial charge >= 0.3 is 0 Å². The molecule has 2 aromatic rings. The second kappa shape index (κ2) is 8.13. The van der Waals surface area contributed by atoms with Gasteiger partial charge < -0.3 is 5.32 Å². The van der Waals surface area contributed by atoms with Crippen molar-refractivity contribution in [3.05, 3.63) is 57.5 Å². The van der Waals surface area contributed by atoms with Gasteiger partial charge in [0.25, 0.3) is 0 Å². The molecule has 1 N–H and O–H groups in total. The van der Waals surface area contributed by atoms with Crippen LogP contribution in [0.5, 0.6) is 0 Å². The van der Waals surface area contributed by atoms with Crippen molar-refractivity contribution in [3.63, 3.8) is 0 Å². The second-order valence-electron chi connectivity index (χ2n) is 6.47. The molecular formula is C21H22N2OS. The van der Waals surface area contributed by atoms with E-state index in [4.69, 9.17) is 0 Å². The third kappa shape index (κ3) is 4.37. The zero-order valence-corrected chi connectivity index (χ0v) is 15.3. The van der Waals surface area contributed by atoms with E-state index in [0.29, 0.717) is 10.6 Å². The van der Waals surface area contributed by atoms with Crippen LogP contribution in [0.2, 0.25) is 0 Å². The quantitative estimate of drug-likeness (QED) is 0.770. The van der Waals surface area contributed by atoms with Crippen LogP contribution >= 0.6 is 11.3 Å². The van der Waals surface area contributed by atoms with Gasteiger partial charge in [-0.1, -0.05) is 42.7 Å². The lowest BCUT2D eigenvalue weighted by atomic mass is 9.97. The molecule has 0 spiro atoms. The van der Waals surface area contributed by atoms with Crippen molar-refractivity contribution in [2.45, 2.75) is 45.4 Å². The van der Waals surface area contributed by atoms with Crippen LogP contribution in [0.4, 0.5) is 5.00 Å². The molecular weight excluding hydrogens is 328 g/mol. The monoisotopic (exact) mass is 350 g/mol. The largest absolute Gasteiger partial charge is 0.313 e. The van der Waals surface area contributed by atoms with Crippen LogP contribution in [-0.4, -0.2) is 5.91 Å². The first-order chi connectivity index (χ1) is 12.2. The molecule has 0 unspecified atom stereocenters. The number of hydrogen-bond acceptors (Lipinski definition) is 3. The highest BCUT2D eigenvalue weighted by molar-refractivity contribution is 7.16. The van der Waals surface area contributed by atoms with Crippen LogP contribution in [0.1, 0.15) is 52.8 Å². The summed E-state index contributed by atoms with van der Waals surface area (Å²) < 4.78 is 0. The minimum atomic E-state index is -0.189. The number of aryl methyl sites for hydroxylation is 2. The van der Waals surface area contributed by atoms with E-state index in [-0.39, 0.29) is 5.91 Å². The molecule has 0 aliphatic heterocycles. The molecule has 3 rings (SSSR count). The van der Waals surface area contributed by atoms with Gasteiger partial charge in [-0.05, 0) is 49.8 Å². The predicted molar refractivity (Wildman–Crippen MR) is 104 cm³/mol. The number of hydrogen-bond donors (Lipinski definition) is 1. The maximum atomic E-state index is 12.3. The van der Waals surface area contributed by atoms with Gasteiger partial charge in [0.15, 0.2) is 0 Å². The first-order valence-corrected chi connectivity index (χ1v) is 9.59. The summed E-state index contributed by atoms with van der Waals surface area (Å²) in [6, 6.07) is 10.3. The SMILES string of the molecule is Cc1ccc(C=CC(=O)Nc2sc3c(c2C#N)CCCCCC3)cc1. The van der Waals surface area contributed by atoms with Crippen molar-refractivity contribution < 1.29 is 4.79 Å². The van der Waals surface area contributed by atoms with E-state index in [1.807, 2.05) is 31.2 Å². The number of rotatable bonds is 3. The number of fused-ring (bicyclic) bond motifs is 1. The van der Waals surface area contributed by atoms with Gasteiger partial charge in [-0.3, -0.25) is 4.79 Å². The summed E-state index contributed by atoms with van der Waals surface area (Å²) in [6.07, 6.45) is 10.1. The lowest BCUT2D eigenvalue weighted by Crippen LogP contribution is -2.07. The zero-order chi connectivity index (χ0) is 17.6. The first kappa shape index (κ1) is 17.4. The second-order valence-corrected chi connectivity index (χ2v) is 7.57. The Labute approximate surface area is 153 Å². The van der Waals surface area contributed by atoms with Crippen LogP contribution in [0.15, 0.2) is 30.3 Å². The van der Waals surface area contributed by atoms with Crippen molar-refractivity contribution in [1.82, 2.24) is 0 Å². The Morgan fingerprint density at radius 3 is 2.60 bits per heavy atom. The summed E-state index contributed by atoms with van der Waals surface area (Å²) in [6.45, 7) is 2.03. The Bertz CT molecular complexity index is 825. The van der Waals surface area contributed by atoms with E-state index in [1.165, 1.54) is 35.8 Å². The number of benzene rings is 1. The van der Waals surface area contributed by atoms with Crippen LogP contribution in [0, 0.1) is 18.3 Å². The van der Waals surface area contributed by atoms with E-state index in [0.717, 1.165) is 30.4 Å². The summed E-state index contributed by atoms with van der Waals surface area (Å²) in [5.74, 6) is -0.189. The zero-order valence-electron chi connectivity index (χ0n) is 14.5. The fraction of sp³-hybridized carbons (Fsp3) is 0.333. The fourth-order valence-corrected chi connectivity index (χ4v) is 4.37. The molecule has 1 heterocycles. The minimum Gasteiger partial charge on any atom is -0.313 e. The highest BCUT2D eigenvalue weighted by Gasteiger charge is 2.19. The smallest absolute Gasteiger partial charge is 0.249 e. The van der Waals surface area contributed by atoms with E-state index < -0.39 is 0 Å². The summed E-state index contributed by atoms with van der Waals surface area (Å²) in [4.78, 5) is 13.5. The molecule has 4 heteroatoms. The normalized spacial score (nSPS) is 14.4. The fourth-order valence-electron chi connectivity index (χ4n) is 3.13. The summed E-state index contributed by atoms with van der Waals surface area (Å²) in [7, 11) is 0. The molecule has 25 heavy (non-hydrogen) atoms. The van der Waals surface area contributed by atoms with Crippen molar-refractivity contribution >= 4 is 28.3 Å². The van der Waals surface area contributed by atoms with Gasteiger partial charge in [0.2, 0.25) is 5.91 Å². The number of nitrogens with one attached hydrogen (secondary N) is 1. The van der Waals surface area contributed by atoms with Crippen molar-refractivity contribution in [2.75, 3.05) is 5.32 Å². The Hall–Kier alpha value is -2.38. The molecule has 0 bridgehead atoms. The average molecular weight is 350 g/mol. The van der Waals surface area contributed by atoms with Crippen molar-refractivity contribution in [3.8, 4) is 6.07 Å². The van der Waals surface area contributed by atoms with Gasteiger partial charge in [0.05, 0.1) is 5.56 Å². The van der Waals surface area contributed by atoms with Crippen LogP contribution in [0.25, 0.3) is 6.08 Å². The maximum Gasteiger partial charge on any atom is 0.249 e. The lowest BCUT2D eigenvalue weighted by Gasteiger charge is -2.08. The summed E-state index contributed by atoms with van der Waals surface area (Å²) >= 11 is 1.57. The Kier molecular flexibility index (Phi) is 5.67. The lowest BCUT2D eigenvalue weighted by molar-refractivity contribution is -0.111. The third-order valence-corrected chi connectivity index (χ3v) is 5.73. The number of amides is 1. The number of nitrogens with zero attached hydrogens (tertiary/aromatic N) is 1. The molecule has 0 fully saturated rings. The molecule has 1 aliphatic rings. The molecule has 0 atom stereocenters. The number of nitriles is 1. The number of anilines is 1. The molecule has 3 nitrogen and oxygen atoms in total. The third-order valence-electron chi connectivity index (χ3n) is 4.52. The van der Waals surface area contributed by atoms with Gasteiger partial charge in [-0.2, -0.15) is 5.26 Å².